The summed E-state index contributed by atoms with van der Waals surface area (Å²) < 4.78 is 10.4. The number of rotatable bonds is 2. The number of aryl methyl sites for hydroxylation is 1. The van der Waals surface area contributed by atoms with Crippen molar-refractivity contribution in [1.82, 2.24) is 5.16 Å². The van der Waals surface area contributed by atoms with Gasteiger partial charge in [0.15, 0.2) is 0 Å². The summed E-state index contributed by atoms with van der Waals surface area (Å²) in [6.07, 6.45) is 1.63. The van der Waals surface area contributed by atoms with Gasteiger partial charge in [0.05, 0.1) is 18.9 Å². The van der Waals surface area contributed by atoms with Crippen molar-refractivity contribution in [2.45, 2.75) is 33.1 Å². The van der Waals surface area contributed by atoms with Crippen LogP contribution in [0.2, 0.25) is 0 Å². The third-order valence-electron chi connectivity index (χ3n) is 3.24. The fourth-order valence-corrected chi connectivity index (χ4v) is 2.18. The van der Waals surface area contributed by atoms with Crippen molar-refractivity contribution < 1.29 is 9.26 Å². The third-order valence-corrected chi connectivity index (χ3v) is 3.24. The topological polar surface area (TPSA) is 61.3 Å². The molecule has 2 N–H and O–H groups in total. The van der Waals surface area contributed by atoms with E-state index in [4.69, 9.17) is 15.0 Å². The highest BCUT2D eigenvalue weighted by Crippen LogP contribution is 2.38. The van der Waals surface area contributed by atoms with Crippen molar-refractivity contribution in [1.29, 1.82) is 0 Å². The Morgan fingerprint density at radius 2 is 1.89 bits per heavy atom. The van der Waals surface area contributed by atoms with Crippen LogP contribution in [-0.4, -0.2) is 12.3 Å². The average Bonchev–Trinajstić information content (AvgIpc) is 2.74. The molecular formula is C15H20N2O2. The fourth-order valence-electron chi connectivity index (χ4n) is 2.18. The van der Waals surface area contributed by atoms with Crippen molar-refractivity contribution >= 4 is 5.88 Å². The lowest BCUT2D eigenvalue weighted by molar-refractivity contribution is 0.397. The average molecular weight is 260 g/mol. The van der Waals surface area contributed by atoms with Crippen LogP contribution >= 0.6 is 0 Å². The van der Waals surface area contributed by atoms with Gasteiger partial charge in [-0.25, -0.2) is 0 Å². The largest absolute Gasteiger partial charge is 0.496 e. The first kappa shape index (κ1) is 13.5. The second-order valence-electron chi connectivity index (χ2n) is 5.72. The molecule has 0 aliphatic heterocycles. The highest BCUT2D eigenvalue weighted by molar-refractivity contribution is 5.76. The van der Waals surface area contributed by atoms with Crippen LogP contribution in [0, 0.1) is 6.92 Å². The molecule has 2 aromatic rings. The monoisotopic (exact) mass is 260 g/mol. The van der Waals surface area contributed by atoms with Gasteiger partial charge < -0.3 is 15.0 Å². The van der Waals surface area contributed by atoms with E-state index >= 15 is 0 Å². The molecule has 0 radical (unpaired) electrons. The van der Waals surface area contributed by atoms with Crippen molar-refractivity contribution in [3.63, 3.8) is 0 Å². The van der Waals surface area contributed by atoms with Gasteiger partial charge in [-0.15, -0.1) is 0 Å². The molecule has 0 saturated carbocycles. The van der Waals surface area contributed by atoms with Gasteiger partial charge >= 0.3 is 0 Å². The van der Waals surface area contributed by atoms with Gasteiger partial charge in [-0.2, -0.15) is 0 Å². The zero-order chi connectivity index (χ0) is 14.2. The van der Waals surface area contributed by atoms with Gasteiger partial charge in [-0.1, -0.05) is 32.0 Å². The van der Waals surface area contributed by atoms with E-state index in [1.807, 2.05) is 6.07 Å². The molecule has 4 nitrogen and oxygen atoms in total. The summed E-state index contributed by atoms with van der Waals surface area (Å²) >= 11 is 0. The first-order valence-corrected chi connectivity index (χ1v) is 6.24. The molecule has 0 saturated heterocycles. The predicted molar refractivity (Wildman–Crippen MR) is 76.3 cm³/mol. The molecular weight excluding hydrogens is 240 g/mol. The van der Waals surface area contributed by atoms with E-state index in [-0.39, 0.29) is 5.41 Å². The van der Waals surface area contributed by atoms with E-state index in [9.17, 15) is 0 Å². The maximum Gasteiger partial charge on any atom is 0.229 e. The summed E-state index contributed by atoms with van der Waals surface area (Å²) in [6.45, 7) is 8.55. The number of benzene rings is 1. The molecule has 4 heteroatoms. The summed E-state index contributed by atoms with van der Waals surface area (Å²) in [5.74, 6) is 1.18. The van der Waals surface area contributed by atoms with Crippen molar-refractivity contribution in [2.24, 2.45) is 0 Å². The molecule has 19 heavy (non-hydrogen) atoms. The van der Waals surface area contributed by atoms with Crippen LogP contribution < -0.4 is 10.5 Å². The fraction of sp³-hybridized carbons (Fsp3) is 0.400. The molecule has 0 aliphatic carbocycles. The number of ether oxygens (including phenoxy) is 1. The SMILES string of the molecule is COc1cc(-c2cnoc2N)c(C)cc1C(C)(C)C. The number of nitrogen functional groups attached to an aromatic ring is 1. The Balaban J connectivity index is 2.64. The van der Waals surface area contributed by atoms with E-state index in [1.54, 1.807) is 13.3 Å². The number of aromatic nitrogens is 1. The molecule has 0 spiro atoms. The zero-order valence-corrected chi connectivity index (χ0v) is 12.1. The normalized spacial score (nSPS) is 11.6. The lowest BCUT2D eigenvalue weighted by atomic mass is 9.84. The maximum absolute atomic E-state index is 5.79. The highest BCUT2D eigenvalue weighted by atomic mass is 16.5. The lowest BCUT2D eigenvalue weighted by Gasteiger charge is -2.23. The highest BCUT2D eigenvalue weighted by Gasteiger charge is 2.21. The Bertz CT molecular complexity index is 595. The summed E-state index contributed by atoms with van der Waals surface area (Å²) in [6, 6.07) is 4.14. The summed E-state index contributed by atoms with van der Waals surface area (Å²) in [5, 5.41) is 3.73. The first-order chi connectivity index (χ1) is 8.84. The minimum absolute atomic E-state index is 0.0226. The van der Waals surface area contributed by atoms with Gasteiger partial charge in [-0.05, 0) is 35.1 Å². The first-order valence-electron chi connectivity index (χ1n) is 6.24. The van der Waals surface area contributed by atoms with Crippen LogP contribution in [0.25, 0.3) is 11.1 Å². The van der Waals surface area contributed by atoms with E-state index in [0.717, 1.165) is 22.4 Å². The lowest BCUT2D eigenvalue weighted by Crippen LogP contribution is -2.13. The Kier molecular flexibility index (Phi) is 3.27. The Labute approximate surface area is 113 Å². The minimum atomic E-state index is 0.0226. The Hall–Kier alpha value is -1.97. The van der Waals surface area contributed by atoms with Gasteiger partial charge in [0.25, 0.3) is 0 Å². The van der Waals surface area contributed by atoms with Crippen LogP contribution in [0.15, 0.2) is 22.9 Å². The molecule has 102 valence electrons. The van der Waals surface area contributed by atoms with Crippen LogP contribution in [0.3, 0.4) is 0 Å². The summed E-state index contributed by atoms with van der Waals surface area (Å²) in [4.78, 5) is 0. The van der Waals surface area contributed by atoms with E-state index in [0.29, 0.717) is 5.88 Å². The van der Waals surface area contributed by atoms with Crippen LogP contribution in [0.5, 0.6) is 5.75 Å². The minimum Gasteiger partial charge on any atom is -0.496 e. The predicted octanol–water partition coefficient (Wildman–Crippen LogP) is 3.54. The van der Waals surface area contributed by atoms with Crippen molar-refractivity contribution in [3.8, 4) is 16.9 Å². The Morgan fingerprint density at radius 1 is 1.21 bits per heavy atom. The molecule has 0 fully saturated rings. The second kappa shape index (κ2) is 4.61. The van der Waals surface area contributed by atoms with Gasteiger partial charge in [0.1, 0.15) is 5.75 Å². The van der Waals surface area contributed by atoms with Gasteiger partial charge in [-0.3, -0.25) is 0 Å². The second-order valence-corrected chi connectivity index (χ2v) is 5.72. The van der Waals surface area contributed by atoms with Crippen LogP contribution in [-0.2, 0) is 5.41 Å². The Morgan fingerprint density at radius 3 is 2.37 bits per heavy atom. The molecule has 0 aliphatic rings. The van der Waals surface area contributed by atoms with Crippen molar-refractivity contribution in [2.75, 3.05) is 12.8 Å². The molecule has 0 bridgehead atoms. The molecule has 1 aromatic carbocycles. The van der Waals surface area contributed by atoms with E-state index in [2.05, 4.69) is 38.9 Å². The van der Waals surface area contributed by atoms with Crippen LogP contribution in [0.1, 0.15) is 31.9 Å². The molecule has 0 atom stereocenters. The van der Waals surface area contributed by atoms with Crippen molar-refractivity contribution in [3.05, 3.63) is 29.5 Å². The zero-order valence-electron chi connectivity index (χ0n) is 12.1. The number of anilines is 1. The standard InChI is InChI=1S/C15H20N2O2/c1-9-6-12(15(2,3)4)13(18-5)7-10(9)11-8-17-19-14(11)16/h6-8H,16H2,1-5H3. The summed E-state index contributed by atoms with van der Waals surface area (Å²) in [7, 11) is 1.68. The van der Waals surface area contributed by atoms with E-state index in [1.165, 1.54) is 5.56 Å². The van der Waals surface area contributed by atoms with Gasteiger partial charge in [0.2, 0.25) is 5.88 Å². The van der Waals surface area contributed by atoms with Crippen LogP contribution in [0.4, 0.5) is 5.88 Å². The van der Waals surface area contributed by atoms with E-state index < -0.39 is 0 Å². The number of nitrogens with two attached hydrogens (primary N) is 1. The number of nitrogens with zero attached hydrogens (tertiary/aromatic N) is 1. The molecule has 2 rings (SSSR count). The summed E-state index contributed by atoms with van der Waals surface area (Å²) in [5.41, 5.74) is 9.90. The smallest absolute Gasteiger partial charge is 0.229 e. The molecule has 0 amide bonds. The molecule has 1 heterocycles. The quantitative estimate of drug-likeness (QED) is 0.897. The molecule has 1 aromatic heterocycles. The maximum atomic E-state index is 5.79. The number of hydrogen-bond donors (Lipinski definition) is 1. The number of methoxy groups -OCH3 is 1. The number of hydrogen-bond acceptors (Lipinski definition) is 4. The van der Waals surface area contributed by atoms with Gasteiger partial charge in [0, 0.05) is 0 Å². The molecule has 0 unspecified atom stereocenters. The third kappa shape index (κ3) is 2.43.